The largest absolute Gasteiger partial charge is 0.384 e. The van der Waals surface area contributed by atoms with Gasteiger partial charge in [-0.2, -0.15) is 0 Å². The summed E-state index contributed by atoms with van der Waals surface area (Å²) in [7, 11) is 2.20. The molecule has 1 aromatic carbocycles. The second kappa shape index (κ2) is 8.83. The normalized spacial score (nSPS) is 24.9. The first-order valence-electron chi connectivity index (χ1n) is 11.7. The first kappa shape index (κ1) is 22.7. The lowest BCUT2D eigenvalue weighted by molar-refractivity contribution is -0.120. The molecule has 0 saturated carbocycles. The maximum absolute atomic E-state index is 13.3. The standard InChI is InChI=1S/C26H36N4O2/c1-18-16-29(17-19(2)28(18)5)23-9-7-6-8-20(23)14-21-12-13-30(25(21)31)22-10-11-24(27-15-22)26(3,4)32/h6-11,15,18-19,21,32H,12-14,16-17H2,1-5H3. The van der Waals surface area contributed by atoms with E-state index in [2.05, 4.69) is 59.9 Å². The number of aliphatic hydroxyl groups is 1. The first-order chi connectivity index (χ1) is 15.1. The fourth-order valence-electron chi connectivity index (χ4n) is 4.95. The van der Waals surface area contributed by atoms with Crippen molar-refractivity contribution in [3.05, 3.63) is 53.9 Å². The van der Waals surface area contributed by atoms with E-state index in [4.69, 9.17) is 0 Å². The number of carbonyl (C=O) groups excluding carboxylic acids is 1. The van der Waals surface area contributed by atoms with E-state index in [1.165, 1.54) is 11.3 Å². The van der Waals surface area contributed by atoms with Crippen molar-refractivity contribution in [3.8, 4) is 0 Å². The molecule has 2 aromatic rings. The second-order valence-electron chi connectivity index (χ2n) is 10.0. The predicted octanol–water partition coefficient (Wildman–Crippen LogP) is 3.43. The molecule has 1 amide bonds. The Morgan fingerprint density at radius 3 is 2.41 bits per heavy atom. The summed E-state index contributed by atoms with van der Waals surface area (Å²) in [6, 6.07) is 13.3. The Kier molecular flexibility index (Phi) is 6.28. The van der Waals surface area contributed by atoms with Gasteiger partial charge in [0.2, 0.25) is 5.91 Å². The summed E-state index contributed by atoms with van der Waals surface area (Å²) in [6.45, 7) is 10.7. The number of anilines is 2. The lowest BCUT2D eigenvalue weighted by Gasteiger charge is -2.44. The zero-order chi connectivity index (χ0) is 23.0. The van der Waals surface area contributed by atoms with Crippen molar-refractivity contribution in [1.82, 2.24) is 9.88 Å². The summed E-state index contributed by atoms with van der Waals surface area (Å²) in [5.74, 6) is 0.144. The predicted molar refractivity (Wildman–Crippen MR) is 129 cm³/mol. The van der Waals surface area contributed by atoms with E-state index in [0.29, 0.717) is 24.3 Å². The second-order valence-corrected chi connectivity index (χ2v) is 10.0. The number of rotatable bonds is 5. The number of carbonyl (C=O) groups is 1. The SMILES string of the molecule is CC1CN(c2ccccc2CC2CCN(c3ccc(C(C)(C)O)nc3)C2=O)CC(C)N1C. The van der Waals surface area contributed by atoms with E-state index in [0.717, 1.165) is 31.6 Å². The minimum Gasteiger partial charge on any atom is -0.384 e. The third-order valence-electron chi connectivity index (χ3n) is 7.16. The van der Waals surface area contributed by atoms with Gasteiger partial charge in [-0.15, -0.1) is 0 Å². The number of piperazine rings is 1. The minimum absolute atomic E-state index is 0.0209. The van der Waals surface area contributed by atoms with E-state index in [9.17, 15) is 9.90 Å². The number of nitrogens with zero attached hydrogens (tertiary/aromatic N) is 4. The molecule has 0 aliphatic carbocycles. The third kappa shape index (κ3) is 4.52. The molecule has 0 bridgehead atoms. The van der Waals surface area contributed by atoms with Gasteiger partial charge in [-0.05, 0) is 71.3 Å². The molecule has 0 radical (unpaired) electrons. The van der Waals surface area contributed by atoms with Crippen molar-refractivity contribution < 1.29 is 9.90 Å². The number of hydrogen-bond donors (Lipinski definition) is 1. The fraction of sp³-hybridized carbons (Fsp3) is 0.538. The molecule has 6 nitrogen and oxygen atoms in total. The van der Waals surface area contributed by atoms with Gasteiger partial charge in [-0.1, -0.05) is 18.2 Å². The summed E-state index contributed by atoms with van der Waals surface area (Å²) in [5.41, 5.74) is 2.95. The topological polar surface area (TPSA) is 59.9 Å². The monoisotopic (exact) mass is 436 g/mol. The molecular formula is C26H36N4O2. The summed E-state index contributed by atoms with van der Waals surface area (Å²) in [5, 5.41) is 10.1. The zero-order valence-electron chi connectivity index (χ0n) is 20.0. The van der Waals surface area contributed by atoms with E-state index in [1.807, 2.05) is 11.0 Å². The minimum atomic E-state index is -0.988. The maximum Gasteiger partial charge on any atom is 0.230 e. The van der Waals surface area contributed by atoms with Crippen LogP contribution in [0.15, 0.2) is 42.6 Å². The summed E-state index contributed by atoms with van der Waals surface area (Å²) in [4.78, 5) is 24.4. The maximum atomic E-state index is 13.3. The van der Waals surface area contributed by atoms with Gasteiger partial charge in [-0.3, -0.25) is 14.7 Å². The summed E-state index contributed by atoms with van der Waals surface area (Å²) < 4.78 is 0. The van der Waals surface area contributed by atoms with Gasteiger partial charge >= 0.3 is 0 Å². The van der Waals surface area contributed by atoms with Crippen LogP contribution in [0.1, 0.15) is 45.4 Å². The molecule has 2 fully saturated rings. The molecule has 2 saturated heterocycles. The fourth-order valence-corrected chi connectivity index (χ4v) is 4.95. The highest BCUT2D eigenvalue weighted by Gasteiger charge is 2.34. The van der Waals surface area contributed by atoms with Gasteiger partial charge in [0.25, 0.3) is 0 Å². The van der Waals surface area contributed by atoms with Gasteiger partial charge in [0.15, 0.2) is 0 Å². The molecular weight excluding hydrogens is 400 g/mol. The van der Waals surface area contributed by atoms with Gasteiger partial charge < -0.3 is 14.9 Å². The highest BCUT2D eigenvalue weighted by atomic mass is 16.3. The number of para-hydroxylation sites is 1. The highest BCUT2D eigenvalue weighted by Crippen LogP contribution is 2.32. The quantitative estimate of drug-likeness (QED) is 0.778. The van der Waals surface area contributed by atoms with Gasteiger partial charge in [0.1, 0.15) is 5.60 Å². The van der Waals surface area contributed by atoms with Crippen molar-refractivity contribution in [2.24, 2.45) is 5.92 Å². The Hall–Kier alpha value is -2.44. The number of aromatic nitrogens is 1. The van der Waals surface area contributed by atoms with Crippen LogP contribution in [0.5, 0.6) is 0 Å². The lowest BCUT2D eigenvalue weighted by atomic mass is 9.95. The van der Waals surface area contributed by atoms with Gasteiger partial charge in [-0.25, -0.2) is 0 Å². The summed E-state index contributed by atoms with van der Waals surface area (Å²) in [6.07, 6.45) is 3.31. The number of likely N-dealkylation sites (N-methyl/N-ethyl adjacent to an activating group) is 1. The average molecular weight is 437 g/mol. The van der Waals surface area contributed by atoms with Crippen molar-refractivity contribution in [2.75, 3.05) is 36.5 Å². The molecule has 172 valence electrons. The molecule has 2 aliphatic rings. The van der Waals surface area contributed by atoms with Gasteiger partial charge in [0, 0.05) is 43.3 Å². The van der Waals surface area contributed by atoms with Gasteiger partial charge in [0.05, 0.1) is 17.6 Å². The molecule has 6 heteroatoms. The molecule has 32 heavy (non-hydrogen) atoms. The van der Waals surface area contributed by atoms with E-state index in [-0.39, 0.29) is 11.8 Å². The highest BCUT2D eigenvalue weighted by molar-refractivity contribution is 5.97. The van der Waals surface area contributed by atoms with Crippen molar-refractivity contribution >= 4 is 17.3 Å². The van der Waals surface area contributed by atoms with Crippen LogP contribution >= 0.6 is 0 Å². The Morgan fingerprint density at radius 1 is 1.09 bits per heavy atom. The molecule has 3 heterocycles. The average Bonchev–Trinajstić information content (AvgIpc) is 3.11. The Bertz CT molecular complexity index is 941. The van der Waals surface area contributed by atoms with Crippen LogP contribution in [-0.2, 0) is 16.8 Å². The number of benzene rings is 1. The lowest BCUT2D eigenvalue weighted by Crippen LogP contribution is -2.55. The zero-order valence-corrected chi connectivity index (χ0v) is 20.0. The Balaban J connectivity index is 1.48. The molecule has 1 N–H and O–H groups in total. The van der Waals surface area contributed by atoms with Crippen molar-refractivity contribution in [3.63, 3.8) is 0 Å². The third-order valence-corrected chi connectivity index (χ3v) is 7.16. The molecule has 1 aromatic heterocycles. The molecule has 3 atom stereocenters. The Morgan fingerprint density at radius 2 is 1.78 bits per heavy atom. The van der Waals surface area contributed by atoms with Crippen LogP contribution in [-0.4, -0.2) is 59.7 Å². The van der Waals surface area contributed by atoms with Crippen LogP contribution in [0.25, 0.3) is 0 Å². The van der Waals surface area contributed by atoms with Crippen LogP contribution in [0, 0.1) is 5.92 Å². The number of pyridine rings is 1. The smallest absolute Gasteiger partial charge is 0.230 e. The van der Waals surface area contributed by atoms with Crippen LogP contribution < -0.4 is 9.80 Å². The molecule has 2 aliphatic heterocycles. The number of amides is 1. The van der Waals surface area contributed by atoms with E-state index in [1.54, 1.807) is 26.1 Å². The van der Waals surface area contributed by atoms with Crippen LogP contribution in [0.4, 0.5) is 11.4 Å². The van der Waals surface area contributed by atoms with E-state index >= 15 is 0 Å². The Labute approximate surface area is 191 Å². The van der Waals surface area contributed by atoms with Crippen molar-refractivity contribution in [2.45, 2.75) is 58.2 Å². The summed E-state index contributed by atoms with van der Waals surface area (Å²) >= 11 is 0. The first-order valence-corrected chi connectivity index (χ1v) is 11.7. The van der Waals surface area contributed by atoms with E-state index < -0.39 is 5.60 Å². The van der Waals surface area contributed by atoms with Crippen LogP contribution in [0.3, 0.4) is 0 Å². The molecule has 4 rings (SSSR count). The molecule has 0 spiro atoms. The molecule has 3 unspecified atom stereocenters. The van der Waals surface area contributed by atoms with Crippen molar-refractivity contribution in [1.29, 1.82) is 0 Å². The number of hydrogen-bond acceptors (Lipinski definition) is 5. The van der Waals surface area contributed by atoms with Crippen LogP contribution in [0.2, 0.25) is 0 Å².